The van der Waals surface area contributed by atoms with Crippen LogP contribution in [0.2, 0.25) is 0 Å². The molecule has 2 aliphatic heterocycles. The number of hydrogen-bond acceptors (Lipinski definition) is 6. The molecule has 34 heavy (non-hydrogen) atoms. The highest BCUT2D eigenvalue weighted by molar-refractivity contribution is 5.93. The number of aryl methyl sites for hydroxylation is 2. The minimum atomic E-state index is -4.55. The summed E-state index contributed by atoms with van der Waals surface area (Å²) in [7, 11) is 1.80. The van der Waals surface area contributed by atoms with Gasteiger partial charge < -0.3 is 20.1 Å². The van der Waals surface area contributed by atoms with E-state index in [1.54, 1.807) is 29.9 Å². The van der Waals surface area contributed by atoms with E-state index in [4.69, 9.17) is 9.47 Å². The molecule has 0 spiro atoms. The maximum absolute atomic E-state index is 14.0. The number of carbonyl (C=O) groups is 1. The zero-order chi connectivity index (χ0) is 24.2. The summed E-state index contributed by atoms with van der Waals surface area (Å²) in [5.41, 5.74) is 3.05. The van der Waals surface area contributed by atoms with E-state index in [2.05, 4.69) is 20.8 Å². The van der Waals surface area contributed by atoms with E-state index < -0.39 is 24.2 Å². The number of nitrogens with zero attached hydrogens (tertiary/aromatic N) is 4. The van der Waals surface area contributed by atoms with Crippen molar-refractivity contribution in [2.45, 2.75) is 45.1 Å². The predicted octanol–water partition coefficient (Wildman–Crippen LogP) is 3.55. The number of halogens is 3. The highest BCUT2D eigenvalue weighted by Crippen LogP contribution is 2.45. The molecule has 0 radical (unpaired) electrons. The third-order valence-corrected chi connectivity index (χ3v) is 6.31. The number of nitrogens with one attached hydrogen (secondary N) is 2. The second-order valence-corrected chi connectivity index (χ2v) is 8.42. The van der Waals surface area contributed by atoms with E-state index in [1.165, 1.54) is 6.07 Å². The number of carbonyl (C=O) groups excluding carboxylic acids is 1. The summed E-state index contributed by atoms with van der Waals surface area (Å²) in [6.07, 6.45) is -4.83. The Hall–Kier alpha value is -3.70. The third-order valence-electron chi connectivity index (χ3n) is 6.31. The lowest BCUT2D eigenvalue weighted by Gasteiger charge is -2.33. The van der Waals surface area contributed by atoms with E-state index in [-0.39, 0.29) is 31.3 Å². The average molecular weight is 476 g/mol. The van der Waals surface area contributed by atoms with Crippen molar-refractivity contribution in [1.29, 1.82) is 0 Å². The lowest BCUT2D eigenvalue weighted by molar-refractivity contribution is -0.173. The van der Waals surface area contributed by atoms with Gasteiger partial charge in [-0.1, -0.05) is 6.07 Å². The molecule has 0 unspecified atom stereocenters. The van der Waals surface area contributed by atoms with Crippen LogP contribution in [0.25, 0.3) is 0 Å². The predicted molar refractivity (Wildman–Crippen MR) is 115 cm³/mol. The van der Waals surface area contributed by atoms with Gasteiger partial charge in [-0.05, 0) is 31.5 Å². The highest BCUT2D eigenvalue weighted by Gasteiger charge is 2.47. The Kier molecular flexibility index (Phi) is 5.18. The second kappa shape index (κ2) is 7.96. The fourth-order valence-corrected chi connectivity index (χ4v) is 4.37. The van der Waals surface area contributed by atoms with E-state index in [9.17, 15) is 18.0 Å². The minimum Gasteiger partial charge on any atom is -0.454 e. The molecule has 0 bridgehead atoms. The van der Waals surface area contributed by atoms with Gasteiger partial charge in [0.1, 0.15) is 5.82 Å². The molecule has 5 rings (SSSR count). The molecule has 3 aromatic rings. The monoisotopic (exact) mass is 476 g/mol. The molecule has 1 aromatic carbocycles. The molecule has 0 fully saturated rings. The summed E-state index contributed by atoms with van der Waals surface area (Å²) in [6.45, 7) is 3.98. The van der Waals surface area contributed by atoms with E-state index >= 15 is 0 Å². The third kappa shape index (κ3) is 3.82. The van der Waals surface area contributed by atoms with E-state index in [1.807, 2.05) is 13.8 Å². The summed E-state index contributed by atoms with van der Waals surface area (Å²) in [4.78, 5) is 12.7. The fraction of sp³-hybridized carbons (Fsp3) is 0.409. The summed E-state index contributed by atoms with van der Waals surface area (Å²) in [5, 5.41) is 14.1. The van der Waals surface area contributed by atoms with Crippen LogP contribution >= 0.6 is 0 Å². The van der Waals surface area contributed by atoms with Crippen molar-refractivity contribution in [2.24, 2.45) is 7.05 Å². The molecule has 1 amide bonds. The van der Waals surface area contributed by atoms with E-state index in [0.717, 1.165) is 21.6 Å². The molecule has 2 atom stereocenters. The van der Waals surface area contributed by atoms with Gasteiger partial charge in [-0.2, -0.15) is 23.4 Å². The zero-order valence-electron chi connectivity index (χ0n) is 18.7. The van der Waals surface area contributed by atoms with Crippen molar-refractivity contribution < 1.29 is 27.4 Å². The average Bonchev–Trinajstić information content (AvgIpc) is 3.48. The standard InChI is InChI=1S/C22H23F3N6O3/c1-11-14(12(2)30(3)28-11)9-26-21(32)16-8-20-27-15(7-19(22(23,24)25)31(20)29-16)13-4-5-17-18(6-13)34-10-33-17/h4-6,8,15,19,27H,7,9-10H2,1-3H3,(H,26,32)/t15-,19+/m0/s1. The maximum Gasteiger partial charge on any atom is 0.410 e. The largest absolute Gasteiger partial charge is 0.454 e. The fourth-order valence-electron chi connectivity index (χ4n) is 4.37. The van der Waals surface area contributed by atoms with Crippen LogP contribution in [0, 0.1) is 13.8 Å². The molecule has 0 saturated carbocycles. The SMILES string of the molecule is Cc1nn(C)c(C)c1CNC(=O)c1cc2n(n1)[C@@H](C(F)(F)F)C[C@@H](c1ccc3c(c1)OCO3)N2. The lowest BCUT2D eigenvalue weighted by atomic mass is 9.96. The number of hydrogen-bond donors (Lipinski definition) is 2. The van der Waals surface area contributed by atoms with Crippen LogP contribution in [0.15, 0.2) is 24.3 Å². The van der Waals surface area contributed by atoms with Gasteiger partial charge in [0.2, 0.25) is 6.79 Å². The van der Waals surface area contributed by atoms with Gasteiger partial charge in [-0.15, -0.1) is 0 Å². The molecule has 2 aliphatic rings. The van der Waals surface area contributed by atoms with Crippen molar-refractivity contribution in [3.05, 3.63) is 52.5 Å². The first-order chi connectivity index (χ1) is 16.1. The van der Waals surface area contributed by atoms with Gasteiger partial charge in [-0.3, -0.25) is 9.48 Å². The normalized spacial score (nSPS) is 19.0. The molecule has 0 saturated heterocycles. The first-order valence-electron chi connectivity index (χ1n) is 10.7. The van der Waals surface area contributed by atoms with Crippen molar-refractivity contribution in [2.75, 3.05) is 12.1 Å². The van der Waals surface area contributed by atoms with E-state index in [0.29, 0.717) is 17.1 Å². The molecular formula is C22H23F3N6O3. The Balaban J connectivity index is 1.40. The molecule has 0 aliphatic carbocycles. The number of aromatic nitrogens is 4. The van der Waals surface area contributed by atoms with Crippen LogP contribution in [0.3, 0.4) is 0 Å². The van der Waals surface area contributed by atoms with Gasteiger partial charge in [0.25, 0.3) is 5.91 Å². The topological polar surface area (TPSA) is 95.2 Å². The number of alkyl halides is 3. The molecule has 180 valence electrons. The summed E-state index contributed by atoms with van der Waals surface area (Å²) in [5.74, 6) is 0.597. The molecule has 4 heterocycles. The Morgan fingerprint density at radius 1 is 1.21 bits per heavy atom. The smallest absolute Gasteiger partial charge is 0.410 e. The van der Waals surface area contributed by atoms with Crippen molar-refractivity contribution in [3.63, 3.8) is 0 Å². The number of amides is 1. The number of anilines is 1. The molecule has 12 heteroatoms. The Morgan fingerprint density at radius 3 is 2.68 bits per heavy atom. The van der Waals surface area contributed by atoms with Crippen LogP contribution in [0.5, 0.6) is 11.5 Å². The number of rotatable bonds is 4. The lowest BCUT2D eigenvalue weighted by Crippen LogP contribution is -2.35. The number of ether oxygens (including phenoxy) is 2. The van der Waals surface area contributed by atoms with Crippen LogP contribution in [0.4, 0.5) is 19.0 Å². The highest BCUT2D eigenvalue weighted by atomic mass is 19.4. The van der Waals surface area contributed by atoms with Crippen molar-refractivity contribution >= 4 is 11.7 Å². The summed E-state index contributed by atoms with van der Waals surface area (Å²) < 4.78 is 55.1. The minimum absolute atomic E-state index is 0.0748. The quantitative estimate of drug-likeness (QED) is 0.598. The van der Waals surface area contributed by atoms with Crippen LogP contribution in [-0.2, 0) is 13.6 Å². The van der Waals surface area contributed by atoms with Crippen molar-refractivity contribution in [1.82, 2.24) is 24.9 Å². The first-order valence-corrected chi connectivity index (χ1v) is 10.7. The van der Waals surface area contributed by atoms with Gasteiger partial charge in [0.15, 0.2) is 23.2 Å². The van der Waals surface area contributed by atoms with Gasteiger partial charge in [0.05, 0.1) is 11.7 Å². The number of benzene rings is 1. The van der Waals surface area contributed by atoms with Gasteiger partial charge in [-0.25, -0.2) is 4.68 Å². The van der Waals surface area contributed by atoms with Crippen LogP contribution < -0.4 is 20.1 Å². The summed E-state index contributed by atoms with van der Waals surface area (Å²) in [6, 6.07) is 3.86. The van der Waals surface area contributed by atoms with Crippen LogP contribution in [0.1, 0.15) is 51.5 Å². The van der Waals surface area contributed by atoms with Crippen LogP contribution in [-0.4, -0.2) is 38.4 Å². The first kappa shape index (κ1) is 22.1. The van der Waals surface area contributed by atoms with Gasteiger partial charge in [0, 0.05) is 37.3 Å². The molecule has 9 nitrogen and oxygen atoms in total. The Morgan fingerprint density at radius 2 is 1.97 bits per heavy atom. The summed E-state index contributed by atoms with van der Waals surface area (Å²) >= 11 is 0. The maximum atomic E-state index is 14.0. The molecular weight excluding hydrogens is 453 g/mol. The number of fused-ring (bicyclic) bond motifs is 2. The van der Waals surface area contributed by atoms with Gasteiger partial charge >= 0.3 is 6.18 Å². The van der Waals surface area contributed by atoms with Crippen molar-refractivity contribution in [3.8, 4) is 11.5 Å². The Bertz CT molecular complexity index is 1270. The molecule has 2 N–H and O–H groups in total. The molecule has 2 aromatic heterocycles. The zero-order valence-corrected chi connectivity index (χ0v) is 18.7. The second-order valence-electron chi connectivity index (χ2n) is 8.42. The Labute approximate surface area is 192 Å².